The molecule has 5 heteroatoms. The van der Waals surface area contributed by atoms with Crippen molar-refractivity contribution in [3.05, 3.63) is 17.7 Å². The quantitative estimate of drug-likeness (QED) is 0.715. The lowest BCUT2D eigenvalue weighted by atomic mass is 10.2. The first-order valence-electron chi connectivity index (χ1n) is 6.37. The minimum absolute atomic E-state index is 0.318. The molecule has 18 heavy (non-hydrogen) atoms. The van der Waals surface area contributed by atoms with E-state index in [1.54, 1.807) is 13.3 Å². The first-order valence-corrected chi connectivity index (χ1v) is 6.37. The molecule has 0 aliphatic rings. The van der Waals surface area contributed by atoms with Crippen molar-refractivity contribution < 1.29 is 9.47 Å². The number of nitrogens with one attached hydrogen (secondary N) is 1. The Morgan fingerprint density at radius 2 is 2.11 bits per heavy atom. The highest BCUT2D eigenvalue weighted by Gasteiger charge is 2.10. The van der Waals surface area contributed by atoms with Crippen molar-refractivity contribution in [1.82, 2.24) is 15.3 Å². The fourth-order valence-electron chi connectivity index (χ4n) is 1.43. The van der Waals surface area contributed by atoms with Crippen LogP contribution in [0.25, 0.3) is 0 Å². The normalized spacial score (nSPS) is 10.9. The standard InChI is InChI=1S/C13H23N3O2/c1-5-14-8-11-12(18-7-6-17-4)9-15-13(16-11)10(2)3/h9-10,14H,5-8H2,1-4H3. The van der Waals surface area contributed by atoms with Gasteiger partial charge in [-0.1, -0.05) is 20.8 Å². The zero-order valence-electron chi connectivity index (χ0n) is 11.7. The van der Waals surface area contributed by atoms with E-state index in [1.807, 2.05) is 0 Å². The van der Waals surface area contributed by atoms with Crippen molar-refractivity contribution >= 4 is 0 Å². The fourth-order valence-corrected chi connectivity index (χ4v) is 1.43. The van der Waals surface area contributed by atoms with Crippen LogP contribution in [0.3, 0.4) is 0 Å². The second kappa shape index (κ2) is 8.00. The van der Waals surface area contributed by atoms with E-state index in [2.05, 4.69) is 36.1 Å². The van der Waals surface area contributed by atoms with E-state index in [0.717, 1.165) is 23.8 Å². The molecule has 0 fully saturated rings. The topological polar surface area (TPSA) is 56.3 Å². The van der Waals surface area contributed by atoms with Crippen molar-refractivity contribution in [2.75, 3.05) is 26.9 Å². The third-order valence-electron chi connectivity index (χ3n) is 2.45. The molecule has 5 nitrogen and oxygen atoms in total. The molecule has 102 valence electrons. The number of nitrogens with zero attached hydrogens (tertiary/aromatic N) is 2. The second-order valence-electron chi connectivity index (χ2n) is 4.32. The van der Waals surface area contributed by atoms with Crippen molar-refractivity contribution in [3.8, 4) is 5.75 Å². The number of hydrogen-bond donors (Lipinski definition) is 1. The molecule has 0 aromatic carbocycles. The summed E-state index contributed by atoms with van der Waals surface area (Å²) >= 11 is 0. The van der Waals surface area contributed by atoms with Crippen molar-refractivity contribution in [2.24, 2.45) is 0 Å². The molecule has 0 saturated heterocycles. The summed E-state index contributed by atoms with van der Waals surface area (Å²) in [5.41, 5.74) is 0.909. The maximum atomic E-state index is 5.62. The number of methoxy groups -OCH3 is 1. The zero-order valence-corrected chi connectivity index (χ0v) is 11.7. The molecular formula is C13H23N3O2. The third-order valence-corrected chi connectivity index (χ3v) is 2.45. The molecule has 0 atom stereocenters. The highest BCUT2D eigenvalue weighted by Crippen LogP contribution is 2.18. The van der Waals surface area contributed by atoms with E-state index in [4.69, 9.17) is 9.47 Å². The summed E-state index contributed by atoms with van der Waals surface area (Å²) in [6, 6.07) is 0. The molecule has 1 heterocycles. The van der Waals surface area contributed by atoms with Gasteiger partial charge in [-0.3, -0.25) is 0 Å². The van der Waals surface area contributed by atoms with Crippen LogP contribution >= 0.6 is 0 Å². The molecule has 0 amide bonds. The van der Waals surface area contributed by atoms with Gasteiger partial charge in [0.1, 0.15) is 12.4 Å². The number of aromatic nitrogens is 2. The Bertz CT molecular complexity index is 356. The van der Waals surface area contributed by atoms with E-state index < -0.39 is 0 Å². The van der Waals surface area contributed by atoms with E-state index in [9.17, 15) is 0 Å². The number of ether oxygens (including phenoxy) is 2. The maximum Gasteiger partial charge on any atom is 0.160 e. The Kier molecular flexibility index (Phi) is 6.60. The van der Waals surface area contributed by atoms with Crippen LogP contribution in [-0.2, 0) is 11.3 Å². The molecule has 0 unspecified atom stereocenters. The number of hydrogen-bond acceptors (Lipinski definition) is 5. The Hall–Kier alpha value is -1.20. The predicted octanol–water partition coefficient (Wildman–Crippen LogP) is 1.73. The predicted molar refractivity (Wildman–Crippen MR) is 70.9 cm³/mol. The zero-order chi connectivity index (χ0) is 13.4. The highest BCUT2D eigenvalue weighted by molar-refractivity contribution is 5.25. The van der Waals surface area contributed by atoms with Gasteiger partial charge in [-0.25, -0.2) is 9.97 Å². The molecule has 1 N–H and O–H groups in total. The SMILES string of the molecule is CCNCc1nc(C(C)C)ncc1OCCOC. The third kappa shape index (κ3) is 4.58. The summed E-state index contributed by atoms with van der Waals surface area (Å²) in [6.07, 6.45) is 1.75. The minimum atomic E-state index is 0.318. The van der Waals surface area contributed by atoms with Gasteiger partial charge in [-0.15, -0.1) is 0 Å². The molecule has 1 aromatic rings. The lowest BCUT2D eigenvalue weighted by Gasteiger charge is -2.13. The summed E-state index contributed by atoms with van der Waals surface area (Å²) in [6.45, 7) is 8.90. The molecule has 0 radical (unpaired) electrons. The Morgan fingerprint density at radius 1 is 1.33 bits per heavy atom. The summed E-state index contributed by atoms with van der Waals surface area (Å²) in [7, 11) is 1.65. The van der Waals surface area contributed by atoms with Gasteiger partial charge in [0.05, 0.1) is 18.5 Å². The fraction of sp³-hybridized carbons (Fsp3) is 0.692. The maximum absolute atomic E-state index is 5.62. The molecule has 0 saturated carbocycles. The van der Waals surface area contributed by atoms with Crippen LogP contribution in [0.4, 0.5) is 0 Å². The van der Waals surface area contributed by atoms with E-state index in [1.165, 1.54) is 0 Å². The van der Waals surface area contributed by atoms with Crippen LogP contribution in [0.15, 0.2) is 6.20 Å². The summed E-state index contributed by atoms with van der Waals surface area (Å²) in [5.74, 6) is 1.90. The molecule has 0 aliphatic heterocycles. The first-order chi connectivity index (χ1) is 8.69. The van der Waals surface area contributed by atoms with Gasteiger partial charge in [-0.05, 0) is 6.54 Å². The van der Waals surface area contributed by atoms with E-state index in [-0.39, 0.29) is 0 Å². The average Bonchev–Trinajstić information content (AvgIpc) is 2.37. The van der Waals surface area contributed by atoms with Crippen LogP contribution in [0.5, 0.6) is 5.75 Å². The molecule has 0 aliphatic carbocycles. The molecule has 0 bridgehead atoms. The number of rotatable bonds is 8. The second-order valence-corrected chi connectivity index (χ2v) is 4.32. The van der Waals surface area contributed by atoms with Crippen molar-refractivity contribution in [3.63, 3.8) is 0 Å². The lowest BCUT2D eigenvalue weighted by Crippen LogP contribution is -2.16. The van der Waals surface area contributed by atoms with Gasteiger partial charge < -0.3 is 14.8 Å². The van der Waals surface area contributed by atoms with Crippen LogP contribution in [0.2, 0.25) is 0 Å². The molecule has 1 aromatic heterocycles. The summed E-state index contributed by atoms with van der Waals surface area (Å²) in [4.78, 5) is 8.87. The van der Waals surface area contributed by atoms with Gasteiger partial charge >= 0.3 is 0 Å². The van der Waals surface area contributed by atoms with Crippen LogP contribution in [-0.4, -0.2) is 36.8 Å². The van der Waals surface area contributed by atoms with Crippen LogP contribution < -0.4 is 10.1 Å². The summed E-state index contributed by atoms with van der Waals surface area (Å²) < 4.78 is 10.6. The van der Waals surface area contributed by atoms with Gasteiger partial charge in [0.25, 0.3) is 0 Å². The average molecular weight is 253 g/mol. The van der Waals surface area contributed by atoms with Crippen molar-refractivity contribution in [2.45, 2.75) is 33.2 Å². The lowest BCUT2D eigenvalue weighted by molar-refractivity contribution is 0.145. The highest BCUT2D eigenvalue weighted by atomic mass is 16.5. The Morgan fingerprint density at radius 3 is 2.72 bits per heavy atom. The van der Waals surface area contributed by atoms with Crippen LogP contribution in [0, 0.1) is 0 Å². The van der Waals surface area contributed by atoms with Crippen LogP contribution in [0.1, 0.15) is 38.2 Å². The molecule has 0 spiro atoms. The minimum Gasteiger partial charge on any atom is -0.488 e. The van der Waals surface area contributed by atoms with Gasteiger partial charge in [-0.2, -0.15) is 0 Å². The first kappa shape index (κ1) is 14.9. The Labute approximate surface area is 109 Å². The summed E-state index contributed by atoms with van der Waals surface area (Å²) in [5, 5.41) is 3.26. The monoisotopic (exact) mass is 253 g/mol. The smallest absolute Gasteiger partial charge is 0.160 e. The van der Waals surface area contributed by atoms with Gasteiger partial charge in [0.15, 0.2) is 5.75 Å². The van der Waals surface area contributed by atoms with Gasteiger partial charge in [0.2, 0.25) is 0 Å². The molecular weight excluding hydrogens is 230 g/mol. The van der Waals surface area contributed by atoms with Crippen molar-refractivity contribution in [1.29, 1.82) is 0 Å². The Balaban J connectivity index is 2.79. The van der Waals surface area contributed by atoms with E-state index in [0.29, 0.717) is 25.7 Å². The van der Waals surface area contributed by atoms with Gasteiger partial charge in [0, 0.05) is 19.6 Å². The van der Waals surface area contributed by atoms with E-state index >= 15 is 0 Å². The largest absolute Gasteiger partial charge is 0.488 e. The molecule has 1 rings (SSSR count).